The van der Waals surface area contributed by atoms with Crippen LogP contribution in [0.15, 0.2) is 70.7 Å². The SMILES string of the molecule is Cc1ccc(CN(CC(=O)NN=Cc2ccc(F)cc2)S(=O)(=O)c2c(C)cc(C)cc2C)cc1. The van der Waals surface area contributed by atoms with Crippen molar-refractivity contribution in [2.75, 3.05) is 6.54 Å². The Labute approximate surface area is 200 Å². The second-order valence-electron chi connectivity index (χ2n) is 8.33. The van der Waals surface area contributed by atoms with E-state index in [0.29, 0.717) is 16.7 Å². The molecule has 1 amide bonds. The molecule has 34 heavy (non-hydrogen) atoms. The van der Waals surface area contributed by atoms with Gasteiger partial charge in [-0.1, -0.05) is 59.7 Å². The largest absolute Gasteiger partial charge is 0.272 e. The zero-order valence-electron chi connectivity index (χ0n) is 19.7. The molecule has 0 saturated carbocycles. The Morgan fingerprint density at radius 1 is 0.941 bits per heavy atom. The van der Waals surface area contributed by atoms with Crippen molar-refractivity contribution >= 4 is 22.1 Å². The average Bonchev–Trinajstić information content (AvgIpc) is 2.75. The van der Waals surface area contributed by atoms with E-state index in [9.17, 15) is 17.6 Å². The number of hydrazone groups is 1. The molecule has 0 aliphatic rings. The van der Waals surface area contributed by atoms with Gasteiger partial charge in [-0.25, -0.2) is 18.2 Å². The van der Waals surface area contributed by atoms with Gasteiger partial charge in [0.1, 0.15) is 5.82 Å². The maximum absolute atomic E-state index is 13.7. The molecule has 0 bridgehead atoms. The van der Waals surface area contributed by atoms with Gasteiger partial charge in [-0.05, 0) is 62.1 Å². The number of nitrogens with zero attached hydrogens (tertiary/aromatic N) is 2. The maximum Gasteiger partial charge on any atom is 0.255 e. The molecule has 3 aromatic carbocycles. The van der Waals surface area contributed by atoms with Crippen LogP contribution >= 0.6 is 0 Å². The van der Waals surface area contributed by atoms with Crippen molar-refractivity contribution in [3.8, 4) is 0 Å². The van der Waals surface area contributed by atoms with Crippen LogP contribution in [0.2, 0.25) is 0 Å². The van der Waals surface area contributed by atoms with Gasteiger partial charge < -0.3 is 0 Å². The minimum absolute atomic E-state index is 0.0322. The van der Waals surface area contributed by atoms with Crippen LogP contribution < -0.4 is 5.43 Å². The molecule has 1 N–H and O–H groups in total. The number of halogens is 1. The third kappa shape index (κ3) is 6.36. The van der Waals surface area contributed by atoms with Crippen LogP contribution in [-0.4, -0.2) is 31.4 Å². The van der Waals surface area contributed by atoms with E-state index < -0.39 is 22.5 Å². The number of carbonyl (C=O) groups excluding carboxylic acids is 1. The number of hydrogen-bond acceptors (Lipinski definition) is 4. The molecule has 6 nitrogen and oxygen atoms in total. The lowest BCUT2D eigenvalue weighted by molar-refractivity contribution is -0.121. The lowest BCUT2D eigenvalue weighted by atomic mass is 10.1. The van der Waals surface area contributed by atoms with Crippen molar-refractivity contribution in [1.82, 2.24) is 9.73 Å². The van der Waals surface area contributed by atoms with Gasteiger partial charge in [0.2, 0.25) is 10.0 Å². The van der Waals surface area contributed by atoms with E-state index in [1.54, 1.807) is 13.8 Å². The molecule has 0 heterocycles. The summed E-state index contributed by atoms with van der Waals surface area (Å²) >= 11 is 0. The van der Waals surface area contributed by atoms with Crippen molar-refractivity contribution in [2.24, 2.45) is 5.10 Å². The van der Waals surface area contributed by atoms with Gasteiger partial charge in [0.05, 0.1) is 17.7 Å². The summed E-state index contributed by atoms with van der Waals surface area (Å²) in [5.74, 6) is -0.962. The first-order chi connectivity index (χ1) is 16.1. The normalized spacial score (nSPS) is 11.8. The molecule has 0 spiro atoms. The summed E-state index contributed by atoms with van der Waals surface area (Å²) in [6.07, 6.45) is 1.37. The summed E-state index contributed by atoms with van der Waals surface area (Å²) in [6.45, 7) is 6.99. The molecular formula is C26H28FN3O3S. The minimum atomic E-state index is -3.99. The lowest BCUT2D eigenvalue weighted by Crippen LogP contribution is -2.39. The summed E-state index contributed by atoms with van der Waals surface area (Å²) in [4.78, 5) is 12.9. The summed E-state index contributed by atoms with van der Waals surface area (Å²) in [5.41, 5.74) is 6.99. The minimum Gasteiger partial charge on any atom is -0.272 e. The van der Waals surface area contributed by atoms with Crippen molar-refractivity contribution < 1.29 is 17.6 Å². The molecular weight excluding hydrogens is 453 g/mol. The second kappa shape index (κ2) is 10.7. The zero-order chi connectivity index (χ0) is 24.9. The monoisotopic (exact) mass is 481 g/mol. The molecule has 0 saturated heterocycles. The van der Waals surface area contributed by atoms with Crippen LogP contribution in [0.3, 0.4) is 0 Å². The van der Waals surface area contributed by atoms with Gasteiger partial charge in [0.25, 0.3) is 5.91 Å². The molecule has 178 valence electrons. The molecule has 0 unspecified atom stereocenters. The van der Waals surface area contributed by atoms with Gasteiger partial charge in [-0.2, -0.15) is 9.41 Å². The van der Waals surface area contributed by atoms with E-state index in [2.05, 4.69) is 10.5 Å². The van der Waals surface area contributed by atoms with E-state index in [4.69, 9.17) is 0 Å². The predicted octanol–water partition coefficient (Wildman–Crippen LogP) is 4.40. The van der Waals surface area contributed by atoms with E-state index in [-0.39, 0.29) is 17.3 Å². The van der Waals surface area contributed by atoms with Crippen LogP contribution in [0.5, 0.6) is 0 Å². The topological polar surface area (TPSA) is 78.8 Å². The number of amides is 1. The highest BCUT2D eigenvalue weighted by atomic mass is 32.2. The number of benzene rings is 3. The molecule has 3 aromatic rings. The highest BCUT2D eigenvalue weighted by molar-refractivity contribution is 7.89. The van der Waals surface area contributed by atoms with Crippen LogP contribution in [0.25, 0.3) is 0 Å². The van der Waals surface area contributed by atoms with E-state index in [0.717, 1.165) is 21.0 Å². The molecule has 0 atom stereocenters. The fourth-order valence-corrected chi connectivity index (χ4v) is 5.54. The molecule has 0 aromatic heterocycles. The quantitative estimate of drug-likeness (QED) is 0.383. The smallest absolute Gasteiger partial charge is 0.255 e. The number of carbonyl (C=O) groups is 1. The first-order valence-electron chi connectivity index (χ1n) is 10.8. The summed E-state index contributed by atoms with van der Waals surface area (Å²) < 4.78 is 41.6. The molecule has 0 aliphatic heterocycles. The Bertz CT molecular complexity index is 1280. The summed E-state index contributed by atoms with van der Waals surface area (Å²) in [5, 5.41) is 3.88. The van der Waals surface area contributed by atoms with Gasteiger partial charge in [0, 0.05) is 6.54 Å². The van der Waals surface area contributed by atoms with Crippen LogP contribution in [-0.2, 0) is 21.4 Å². The molecule has 0 fully saturated rings. The third-order valence-corrected chi connectivity index (χ3v) is 7.37. The van der Waals surface area contributed by atoms with Crippen LogP contribution in [0.1, 0.15) is 33.4 Å². The highest BCUT2D eigenvalue weighted by Crippen LogP contribution is 2.26. The van der Waals surface area contributed by atoms with Gasteiger partial charge in [-0.3, -0.25) is 4.79 Å². The van der Waals surface area contributed by atoms with Crippen molar-refractivity contribution in [2.45, 2.75) is 39.1 Å². The average molecular weight is 482 g/mol. The van der Waals surface area contributed by atoms with Gasteiger partial charge in [-0.15, -0.1) is 0 Å². The Balaban J connectivity index is 1.86. The number of hydrogen-bond donors (Lipinski definition) is 1. The van der Waals surface area contributed by atoms with Crippen LogP contribution in [0.4, 0.5) is 4.39 Å². The molecule has 3 rings (SSSR count). The standard InChI is InChI=1S/C26H28FN3O3S/c1-18-5-7-23(8-6-18)16-30(34(32,33)26-20(3)13-19(2)14-21(26)4)17-25(31)29-28-15-22-9-11-24(27)12-10-22/h5-15H,16-17H2,1-4H3,(H,29,31). The summed E-state index contributed by atoms with van der Waals surface area (Å²) in [7, 11) is -3.99. The Hall–Kier alpha value is -3.36. The Morgan fingerprint density at radius 3 is 2.12 bits per heavy atom. The van der Waals surface area contributed by atoms with E-state index in [1.165, 1.54) is 30.5 Å². The number of sulfonamides is 1. The number of aryl methyl sites for hydroxylation is 4. The first-order valence-corrected chi connectivity index (χ1v) is 12.2. The first kappa shape index (κ1) is 25.3. The summed E-state index contributed by atoms with van der Waals surface area (Å²) in [6, 6.07) is 16.7. The van der Waals surface area contributed by atoms with Gasteiger partial charge in [0.15, 0.2) is 0 Å². The zero-order valence-corrected chi connectivity index (χ0v) is 20.5. The second-order valence-corrected chi connectivity index (χ2v) is 10.2. The maximum atomic E-state index is 13.7. The Kier molecular flexibility index (Phi) is 7.96. The van der Waals surface area contributed by atoms with Crippen molar-refractivity contribution in [3.05, 3.63) is 99.9 Å². The number of rotatable bonds is 8. The number of nitrogens with one attached hydrogen (secondary N) is 1. The lowest BCUT2D eigenvalue weighted by Gasteiger charge is -2.24. The van der Waals surface area contributed by atoms with Gasteiger partial charge >= 0.3 is 0 Å². The van der Waals surface area contributed by atoms with E-state index in [1.807, 2.05) is 50.2 Å². The van der Waals surface area contributed by atoms with E-state index >= 15 is 0 Å². The molecule has 0 aliphatic carbocycles. The highest BCUT2D eigenvalue weighted by Gasteiger charge is 2.30. The van der Waals surface area contributed by atoms with Crippen molar-refractivity contribution in [1.29, 1.82) is 0 Å². The fourth-order valence-electron chi connectivity index (χ4n) is 3.75. The fraction of sp³-hybridized carbons (Fsp3) is 0.231. The predicted molar refractivity (Wildman–Crippen MR) is 132 cm³/mol. The third-order valence-electron chi connectivity index (χ3n) is 5.27. The molecule has 0 radical (unpaired) electrons. The Morgan fingerprint density at radius 2 is 1.53 bits per heavy atom. The van der Waals surface area contributed by atoms with Crippen LogP contribution in [0, 0.1) is 33.5 Å². The van der Waals surface area contributed by atoms with Crippen molar-refractivity contribution in [3.63, 3.8) is 0 Å². The molecule has 8 heteroatoms.